The molecule has 28 heavy (non-hydrogen) atoms. The summed E-state index contributed by atoms with van der Waals surface area (Å²) in [6.45, 7) is 0.315. The first-order valence-corrected chi connectivity index (χ1v) is 9.56. The van der Waals surface area contributed by atoms with Crippen molar-refractivity contribution in [2.45, 2.75) is 13.0 Å². The average molecular weight is 391 g/mol. The number of aromatic nitrogens is 3. The molecule has 4 rings (SSSR count). The maximum Gasteiger partial charge on any atom is 0.257 e. The number of carbonyl (C=O) groups is 2. The molecule has 0 saturated heterocycles. The molecule has 4 aromatic rings. The van der Waals surface area contributed by atoms with Crippen molar-refractivity contribution in [3.8, 4) is 0 Å². The number of nitrogens with one attached hydrogen (secondary N) is 3. The zero-order valence-electron chi connectivity index (χ0n) is 14.8. The highest BCUT2D eigenvalue weighted by atomic mass is 32.1. The van der Waals surface area contributed by atoms with Gasteiger partial charge in [-0.1, -0.05) is 30.3 Å². The van der Waals surface area contributed by atoms with Gasteiger partial charge in [0, 0.05) is 10.9 Å². The lowest BCUT2D eigenvalue weighted by Gasteiger charge is -2.02. The molecule has 0 bridgehead atoms. The molecule has 0 aliphatic heterocycles. The number of hydrogen-bond donors (Lipinski definition) is 3. The van der Waals surface area contributed by atoms with Crippen molar-refractivity contribution in [2.75, 3.05) is 5.32 Å². The van der Waals surface area contributed by atoms with E-state index in [1.54, 1.807) is 29.6 Å². The van der Waals surface area contributed by atoms with Crippen LogP contribution in [0.1, 0.15) is 21.9 Å². The molecular weight excluding hydrogens is 374 g/mol. The van der Waals surface area contributed by atoms with Crippen molar-refractivity contribution in [3.05, 3.63) is 77.1 Å². The molecule has 0 aliphatic rings. The second-order valence-electron chi connectivity index (χ2n) is 6.12. The molecule has 7 nitrogen and oxygen atoms in total. The third-order valence-corrected chi connectivity index (χ3v) is 4.85. The lowest BCUT2D eigenvalue weighted by molar-refractivity contribution is -0.120. The SMILES string of the molecule is O=C(Cc1csc(NC(=O)c2ccccc2)n1)NCc1nc2ccccc2[nH]1. The van der Waals surface area contributed by atoms with Crippen LogP contribution in [-0.2, 0) is 17.8 Å². The van der Waals surface area contributed by atoms with Crippen molar-refractivity contribution in [3.63, 3.8) is 0 Å². The Balaban J connectivity index is 1.30. The van der Waals surface area contributed by atoms with E-state index in [9.17, 15) is 9.59 Å². The van der Waals surface area contributed by atoms with Gasteiger partial charge in [-0.3, -0.25) is 14.9 Å². The first kappa shape index (κ1) is 17.9. The number of para-hydroxylation sites is 2. The molecule has 140 valence electrons. The van der Waals surface area contributed by atoms with Crippen molar-refractivity contribution in [1.82, 2.24) is 20.3 Å². The van der Waals surface area contributed by atoms with E-state index in [1.807, 2.05) is 30.3 Å². The van der Waals surface area contributed by atoms with Gasteiger partial charge in [-0.2, -0.15) is 0 Å². The third-order valence-electron chi connectivity index (χ3n) is 4.04. The van der Waals surface area contributed by atoms with Crippen LogP contribution in [0.3, 0.4) is 0 Å². The maximum absolute atomic E-state index is 12.2. The number of nitrogens with zero attached hydrogens (tertiary/aromatic N) is 2. The lowest BCUT2D eigenvalue weighted by Crippen LogP contribution is -2.25. The predicted molar refractivity (Wildman–Crippen MR) is 108 cm³/mol. The number of hydrogen-bond acceptors (Lipinski definition) is 5. The van der Waals surface area contributed by atoms with Gasteiger partial charge in [0.05, 0.1) is 29.7 Å². The van der Waals surface area contributed by atoms with Gasteiger partial charge in [0.1, 0.15) is 5.82 Å². The monoisotopic (exact) mass is 391 g/mol. The Morgan fingerprint density at radius 2 is 1.79 bits per heavy atom. The van der Waals surface area contributed by atoms with Crippen LogP contribution in [0.4, 0.5) is 5.13 Å². The quantitative estimate of drug-likeness (QED) is 0.470. The number of aromatic amines is 1. The molecule has 2 aromatic heterocycles. The van der Waals surface area contributed by atoms with Gasteiger partial charge in [0.25, 0.3) is 5.91 Å². The van der Waals surface area contributed by atoms with E-state index < -0.39 is 0 Å². The Labute approximate surface area is 164 Å². The number of amides is 2. The van der Waals surface area contributed by atoms with Gasteiger partial charge in [0.15, 0.2) is 5.13 Å². The number of carbonyl (C=O) groups excluding carboxylic acids is 2. The summed E-state index contributed by atoms with van der Waals surface area (Å²) in [5.74, 6) is 0.311. The molecule has 8 heteroatoms. The van der Waals surface area contributed by atoms with Crippen LogP contribution in [0.5, 0.6) is 0 Å². The van der Waals surface area contributed by atoms with Crippen molar-refractivity contribution in [2.24, 2.45) is 0 Å². The Kier molecular flexibility index (Phi) is 5.11. The number of thiazole rings is 1. The first-order valence-electron chi connectivity index (χ1n) is 8.68. The van der Waals surface area contributed by atoms with E-state index in [0.29, 0.717) is 28.8 Å². The Bertz CT molecular complexity index is 1090. The van der Waals surface area contributed by atoms with E-state index in [2.05, 4.69) is 25.6 Å². The summed E-state index contributed by atoms with van der Waals surface area (Å²) in [7, 11) is 0. The highest BCUT2D eigenvalue weighted by Gasteiger charge is 2.11. The van der Waals surface area contributed by atoms with Gasteiger partial charge in [-0.05, 0) is 24.3 Å². The highest BCUT2D eigenvalue weighted by Crippen LogP contribution is 2.17. The number of imidazole rings is 1. The van der Waals surface area contributed by atoms with E-state index in [1.165, 1.54) is 11.3 Å². The van der Waals surface area contributed by atoms with Crippen molar-refractivity contribution < 1.29 is 9.59 Å². The fraction of sp³-hybridized carbons (Fsp3) is 0.100. The van der Waals surface area contributed by atoms with Crippen LogP contribution in [0, 0.1) is 0 Å². The summed E-state index contributed by atoms with van der Waals surface area (Å²) in [5, 5.41) is 7.81. The highest BCUT2D eigenvalue weighted by molar-refractivity contribution is 7.14. The Morgan fingerprint density at radius 3 is 2.61 bits per heavy atom. The molecular formula is C20H17N5O2S. The Hall–Kier alpha value is -3.52. The smallest absolute Gasteiger partial charge is 0.257 e. The summed E-state index contributed by atoms with van der Waals surface area (Å²) in [6.07, 6.45) is 0.137. The number of H-pyrrole nitrogens is 1. The normalized spacial score (nSPS) is 10.7. The van der Waals surface area contributed by atoms with Crippen LogP contribution in [-0.4, -0.2) is 26.8 Å². The predicted octanol–water partition coefficient (Wildman–Crippen LogP) is 3.13. The van der Waals surface area contributed by atoms with Crippen LogP contribution < -0.4 is 10.6 Å². The minimum absolute atomic E-state index is 0.137. The second kappa shape index (κ2) is 8.01. The van der Waals surface area contributed by atoms with E-state index in [0.717, 1.165) is 11.0 Å². The van der Waals surface area contributed by atoms with Crippen LogP contribution >= 0.6 is 11.3 Å². The second-order valence-corrected chi connectivity index (χ2v) is 6.98. The molecule has 2 heterocycles. The van der Waals surface area contributed by atoms with Gasteiger partial charge in [-0.25, -0.2) is 9.97 Å². The maximum atomic E-state index is 12.2. The fourth-order valence-electron chi connectivity index (χ4n) is 2.70. The van der Waals surface area contributed by atoms with Crippen LogP contribution in [0.2, 0.25) is 0 Å². The molecule has 0 unspecified atom stereocenters. The van der Waals surface area contributed by atoms with E-state index in [-0.39, 0.29) is 18.2 Å². The number of rotatable bonds is 6. The molecule has 2 amide bonds. The molecule has 3 N–H and O–H groups in total. The van der Waals surface area contributed by atoms with Crippen molar-refractivity contribution in [1.29, 1.82) is 0 Å². The van der Waals surface area contributed by atoms with E-state index >= 15 is 0 Å². The van der Waals surface area contributed by atoms with Gasteiger partial charge >= 0.3 is 0 Å². The zero-order chi connectivity index (χ0) is 19.3. The number of fused-ring (bicyclic) bond motifs is 1. The fourth-order valence-corrected chi connectivity index (χ4v) is 3.41. The van der Waals surface area contributed by atoms with Gasteiger partial charge < -0.3 is 10.3 Å². The summed E-state index contributed by atoms with van der Waals surface area (Å²) >= 11 is 1.29. The number of anilines is 1. The molecule has 0 saturated carbocycles. The minimum Gasteiger partial charge on any atom is -0.349 e. The summed E-state index contributed by atoms with van der Waals surface area (Å²) < 4.78 is 0. The largest absolute Gasteiger partial charge is 0.349 e. The van der Waals surface area contributed by atoms with Gasteiger partial charge in [-0.15, -0.1) is 11.3 Å². The Morgan fingerprint density at radius 1 is 1.00 bits per heavy atom. The average Bonchev–Trinajstić information content (AvgIpc) is 3.33. The minimum atomic E-state index is -0.226. The zero-order valence-corrected chi connectivity index (χ0v) is 15.6. The molecule has 0 aliphatic carbocycles. The topological polar surface area (TPSA) is 99.8 Å². The first-order chi connectivity index (χ1) is 13.7. The van der Waals surface area contributed by atoms with Crippen molar-refractivity contribution >= 4 is 39.3 Å². The lowest BCUT2D eigenvalue weighted by atomic mass is 10.2. The summed E-state index contributed by atoms with van der Waals surface area (Å²) in [6, 6.07) is 16.6. The molecule has 0 spiro atoms. The van der Waals surface area contributed by atoms with Crippen LogP contribution in [0.25, 0.3) is 11.0 Å². The molecule has 0 fully saturated rings. The molecule has 0 radical (unpaired) electrons. The standard InChI is InChI=1S/C20H17N5O2S/c26-18(21-11-17-23-15-8-4-5-9-16(15)24-17)10-14-12-28-20(22-14)25-19(27)13-6-2-1-3-7-13/h1-9,12H,10-11H2,(H,21,26)(H,23,24)(H,22,25,27). The third kappa shape index (κ3) is 4.24. The van der Waals surface area contributed by atoms with Crippen LogP contribution in [0.15, 0.2) is 60.0 Å². The van der Waals surface area contributed by atoms with Gasteiger partial charge in [0.2, 0.25) is 5.91 Å². The molecule has 0 atom stereocenters. The summed E-state index contributed by atoms with van der Waals surface area (Å²) in [5.41, 5.74) is 2.97. The summed E-state index contributed by atoms with van der Waals surface area (Å²) in [4.78, 5) is 36.2. The molecule has 2 aromatic carbocycles. The van der Waals surface area contributed by atoms with E-state index in [4.69, 9.17) is 0 Å². The number of benzene rings is 2.